The summed E-state index contributed by atoms with van der Waals surface area (Å²) in [5, 5.41) is 1.21. The average molecular weight is 453 g/mol. The molecule has 4 aromatic rings. The van der Waals surface area contributed by atoms with E-state index >= 15 is 0 Å². The third-order valence-corrected chi connectivity index (χ3v) is 7.02. The van der Waals surface area contributed by atoms with Crippen molar-refractivity contribution in [2.75, 3.05) is 20.2 Å². The monoisotopic (exact) mass is 452 g/mol. The van der Waals surface area contributed by atoms with Gasteiger partial charge in [-0.25, -0.2) is 0 Å². The molecule has 1 atom stereocenters. The molecule has 0 N–H and O–H groups in total. The summed E-state index contributed by atoms with van der Waals surface area (Å²) in [5.41, 5.74) is 6.09. The number of aryl methyl sites for hydroxylation is 1. The van der Waals surface area contributed by atoms with Crippen LogP contribution in [0, 0.1) is 6.92 Å². The molecule has 4 nitrogen and oxygen atoms in total. The molecule has 3 aromatic carbocycles. The zero-order valence-electron chi connectivity index (χ0n) is 20.0. The molecule has 1 aliphatic rings. The van der Waals surface area contributed by atoms with Crippen LogP contribution in [-0.4, -0.2) is 35.6 Å². The van der Waals surface area contributed by atoms with Crippen molar-refractivity contribution in [1.29, 1.82) is 0 Å². The molecule has 34 heavy (non-hydrogen) atoms. The molecule has 0 saturated carbocycles. The number of carbonyl (C=O) groups is 1. The van der Waals surface area contributed by atoms with Gasteiger partial charge < -0.3 is 14.2 Å². The maximum atomic E-state index is 13.3. The highest BCUT2D eigenvalue weighted by molar-refractivity contribution is 5.87. The third kappa shape index (κ3) is 4.58. The van der Waals surface area contributed by atoms with E-state index in [4.69, 9.17) is 4.74 Å². The standard InChI is InChI=1S/C30H32N2O2/c1-22-9-11-23(12-10-22)20-32-21-28(26-7-3-4-8-29(26)32)27(19-30(33)31-17-5-6-18-31)24-13-15-25(34-2)16-14-24/h3-4,7-16,21,27H,5-6,17-20H2,1-2H3/t27-/m0/s1. The van der Waals surface area contributed by atoms with Gasteiger partial charge in [0.15, 0.2) is 0 Å². The second-order valence-electron chi connectivity index (χ2n) is 9.33. The van der Waals surface area contributed by atoms with E-state index < -0.39 is 0 Å². The van der Waals surface area contributed by atoms with Gasteiger partial charge in [-0.1, -0.05) is 60.2 Å². The second kappa shape index (κ2) is 9.76. The Balaban J connectivity index is 1.56. The molecule has 1 aliphatic heterocycles. The van der Waals surface area contributed by atoms with E-state index in [0.29, 0.717) is 6.42 Å². The van der Waals surface area contributed by atoms with E-state index in [1.165, 1.54) is 27.6 Å². The van der Waals surface area contributed by atoms with E-state index in [2.05, 4.69) is 78.4 Å². The normalized spacial score (nSPS) is 14.5. The molecule has 5 rings (SSSR count). The summed E-state index contributed by atoms with van der Waals surface area (Å²) in [5.74, 6) is 1.06. The zero-order valence-corrected chi connectivity index (χ0v) is 20.0. The van der Waals surface area contributed by atoms with Crippen LogP contribution in [0.2, 0.25) is 0 Å². The Labute approximate surface area is 201 Å². The van der Waals surface area contributed by atoms with Crippen molar-refractivity contribution in [2.24, 2.45) is 0 Å². The lowest BCUT2D eigenvalue weighted by Crippen LogP contribution is -2.29. The van der Waals surface area contributed by atoms with Gasteiger partial charge in [0.1, 0.15) is 5.75 Å². The van der Waals surface area contributed by atoms with Crippen molar-refractivity contribution in [3.05, 3.63) is 101 Å². The summed E-state index contributed by atoms with van der Waals surface area (Å²) in [6.45, 7) is 4.67. The van der Waals surface area contributed by atoms with Crippen molar-refractivity contribution in [2.45, 2.75) is 38.6 Å². The summed E-state index contributed by atoms with van der Waals surface area (Å²) in [7, 11) is 1.68. The fourth-order valence-corrected chi connectivity index (χ4v) is 5.09. The number of hydrogen-bond donors (Lipinski definition) is 0. The first-order valence-electron chi connectivity index (χ1n) is 12.2. The highest BCUT2D eigenvalue weighted by Crippen LogP contribution is 2.36. The summed E-state index contributed by atoms with van der Waals surface area (Å²) < 4.78 is 7.71. The number of fused-ring (bicyclic) bond motifs is 1. The van der Waals surface area contributed by atoms with Gasteiger partial charge in [0.05, 0.1) is 7.11 Å². The summed E-state index contributed by atoms with van der Waals surface area (Å²) in [6, 6.07) is 25.5. The summed E-state index contributed by atoms with van der Waals surface area (Å²) >= 11 is 0. The lowest BCUT2D eigenvalue weighted by molar-refractivity contribution is -0.130. The number of ether oxygens (including phenoxy) is 1. The molecule has 4 heteroatoms. The van der Waals surface area contributed by atoms with E-state index in [1.807, 2.05) is 17.0 Å². The van der Waals surface area contributed by atoms with Crippen LogP contribution in [-0.2, 0) is 11.3 Å². The fraction of sp³-hybridized carbons (Fsp3) is 0.300. The second-order valence-corrected chi connectivity index (χ2v) is 9.33. The molecule has 1 amide bonds. The molecule has 2 heterocycles. The van der Waals surface area contributed by atoms with Gasteiger partial charge in [-0.05, 0) is 54.7 Å². The summed E-state index contributed by atoms with van der Waals surface area (Å²) in [6.07, 6.45) is 4.95. The molecular formula is C30H32N2O2. The first kappa shape index (κ1) is 22.3. The highest BCUT2D eigenvalue weighted by Gasteiger charge is 2.26. The number of nitrogens with zero attached hydrogens (tertiary/aromatic N) is 2. The van der Waals surface area contributed by atoms with Crippen LogP contribution in [0.25, 0.3) is 10.9 Å². The van der Waals surface area contributed by atoms with Gasteiger partial charge in [-0.2, -0.15) is 0 Å². The van der Waals surface area contributed by atoms with Gasteiger partial charge in [-0.15, -0.1) is 0 Å². The third-order valence-electron chi connectivity index (χ3n) is 7.02. The number of aromatic nitrogens is 1. The van der Waals surface area contributed by atoms with Crippen LogP contribution in [0.15, 0.2) is 79.0 Å². The predicted octanol–water partition coefficient (Wildman–Crippen LogP) is 6.15. The molecular weight excluding hydrogens is 420 g/mol. The van der Waals surface area contributed by atoms with E-state index in [-0.39, 0.29) is 11.8 Å². The Morgan fingerprint density at radius 1 is 0.941 bits per heavy atom. The molecule has 0 spiro atoms. The van der Waals surface area contributed by atoms with Crippen LogP contribution in [0.5, 0.6) is 5.75 Å². The van der Waals surface area contributed by atoms with Gasteiger partial charge in [0.2, 0.25) is 5.91 Å². The number of rotatable bonds is 7. The molecule has 174 valence electrons. The smallest absolute Gasteiger partial charge is 0.223 e. The molecule has 0 bridgehead atoms. The van der Waals surface area contributed by atoms with Gasteiger partial charge in [0, 0.05) is 49.1 Å². The maximum Gasteiger partial charge on any atom is 0.223 e. The van der Waals surface area contributed by atoms with Gasteiger partial charge >= 0.3 is 0 Å². The molecule has 1 saturated heterocycles. The summed E-state index contributed by atoms with van der Waals surface area (Å²) in [4.78, 5) is 15.3. The Morgan fingerprint density at radius 3 is 2.35 bits per heavy atom. The molecule has 1 aromatic heterocycles. The zero-order chi connectivity index (χ0) is 23.5. The number of methoxy groups -OCH3 is 1. The first-order chi connectivity index (χ1) is 16.6. The SMILES string of the molecule is COc1ccc([C@H](CC(=O)N2CCCC2)c2cn(Cc3ccc(C)cc3)c3ccccc23)cc1. The minimum atomic E-state index is -0.0110. The number of hydrogen-bond acceptors (Lipinski definition) is 2. The quantitative estimate of drug-likeness (QED) is 0.337. The average Bonchev–Trinajstić information content (AvgIpc) is 3.53. The first-order valence-corrected chi connectivity index (χ1v) is 12.2. The van der Waals surface area contributed by atoms with Crippen LogP contribution >= 0.6 is 0 Å². The molecule has 0 radical (unpaired) electrons. The molecule has 1 fully saturated rings. The van der Waals surface area contributed by atoms with Crippen LogP contribution < -0.4 is 4.74 Å². The topological polar surface area (TPSA) is 34.5 Å². The maximum absolute atomic E-state index is 13.3. The van der Waals surface area contributed by atoms with Crippen molar-refractivity contribution in [3.8, 4) is 5.75 Å². The number of likely N-dealkylation sites (tertiary alicyclic amines) is 1. The Hall–Kier alpha value is -3.53. The number of amides is 1. The largest absolute Gasteiger partial charge is 0.497 e. The van der Waals surface area contributed by atoms with Crippen molar-refractivity contribution < 1.29 is 9.53 Å². The van der Waals surface area contributed by atoms with Gasteiger partial charge in [0.25, 0.3) is 0 Å². The van der Waals surface area contributed by atoms with Crippen molar-refractivity contribution in [1.82, 2.24) is 9.47 Å². The molecule has 0 unspecified atom stereocenters. The highest BCUT2D eigenvalue weighted by atomic mass is 16.5. The lowest BCUT2D eigenvalue weighted by atomic mass is 9.87. The van der Waals surface area contributed by atoms with Crippen LogP contribution in [0.4, 0.5) is 0 Å². The fourth-order valence-electron chi connectivity index (χ4n) is 5.09. The van der Waals surface area contributed by atoms with E-state index in [1.54, 1.807) is 7.11 Å². The Morgan fingerprint density at radius 2 is 1.65 bits per heavy atom. The lowest BCUT2D eigenvalue weighted by Gasteiger charge is -2.21. The Kier molecular flexibility index (Phi) is 6.39. The van der Waals surface area contributed by atoms with Crippen LogP contribution in [0.3, 0.4) is 0 Å². The van der Waals surface area contributed by atoms with E-state index in [0.717, 1.165) is 43.8 Å². The van der Waals surface area contributed by atoms with E-state index in [9.17, 15) is 4.79 Å². The predicted molar refractivity (Wildman–Crippen MR) is 137 cm³/mol. The van der Waals surface area contributed by atoms with Gasteiger partial charge in [-0.3, -0.25) is 4.79 Å². The van der Waals surface area contributed by atoms with Crippen molar-refractivity contribution >= 4 is 16.8 Å². The molecule has 0 aliphatic carbocycles. The minimum absolute atomic E-state index is 0.0110. The van der Waals surface area contributed by atoms with Crippen LogP contribution in [0.1, 0.15) is 47.4 Å². The number of benzene rings is 3. The number of para-hydroxylation sites is 1. The minimum Gasteiger partial charge on any atom is -0.497 e. The number of carbonyl (C=O) groups excluding carboxylic acids is 1. The van der Waals surface area contributed by atoms with Crippen molar-refractivity contribution in [3.63, 3.8) is 0 Å². The Bertz CT molecular complexity index is 1270.